The van der Waals surface area contributed by atoms with Crippen LogP contribution in [0.3, 0.4) is 0 Å². The summed E-state index contributed by atoms with van der Waals surface area (Å²) < 4.78 is 25.9. The van der Waals surface area contributed by atoms with Crippen LogP contribution < -0.4 is 11.3 Å². The fraction of sp³-hybridized carbons (Fsp3) is 0.143. The van der Waals surface area contributed by atoms with Gasteiger partial charge in [0.1, 0.15) is 11.4 Å². The van der Waals surface area contributed by atoms with Crippen LogP contribution in [0.1, 0.15) is 16.1 Å². The predicted molar refractivity (Wildman–Crippen MR) is 45.2 cm³/mol. The highest BCUT2D eigenvalue weighted by Crippen LogP contribution is 2.08. The molecule has 1 aromatic heterocycles. The Bertz CT molecular complexity index is 444. The molecule has 0 bridgehead atoms. The fourth-order valence-corrected chi connectivity index (χ4v) is 1.10. The molecule has 0 aliphatic rings. The smallest absolute Gasteiger partial charge is 0.294 e. The van der Waals surface area contributed by atoms with Gasteiger partial charge in [0.25, 0.3) is 11.5 Å². The highest BCUT2D eigenvalue weighted by Gasteiger charge is 2.18. The van der Waals surface area contributed by atoms with Gasteiger partial charge in [0.15, 0.2) is 0 Å². The molecule has 0 aromatic carbocycles. The zero-order chi connectivity index (χ0) is 10.9. The number of primary amides is 1. The molecule has 1 heterocycles. The van der Waals surface area contributed by atoms with Crippen LogP contribution in [0.15, 0.2) is 10.9 Å². The van der Waals surface area contributed by atoms with Crippen LogP contribution in [0.25, 0.3) is 0 Å². The summed E-state index contributed by atoms with van der Waals surface area (Å²) in [6.45, 7) is 0. The number of carbonyl (C=O) groups is 1. The van der Waals surface area contributed by atoms with Gasteiger partial charge in [0.05, 0.1) is 11.6 Å². The monoisotopic (exact) mass is 222 g/mol. The topological polar surface area (TPSA) is 65.1 Å². The Morgan fingerprint density at radius 1 is 1.64 bits per heavy atom. The van der Waals surface area contributed by atoms with E-state index < -0.39 is 27.6 Å². The minimum Gasteiger partial charge on any atom is -0.365 e. The van der Waals surface area contributed by atoms with Gasteiger partial charge in [-0.2, -0.15) is 0 Å². The van der Waals surface area contributed by atoms with Crippen LogP contribution in [-0.4, -0.2) is 10.7 Å². The Hall–Kier alpha value is -1.43. The van der Waals surface area contributed by atoms with E-state index in [1.165, 1.54) is 0 Å². The van der Waals surface area contributed by atoms with E-state index >= 15 is 0 Å². The summed E-state index contributed by atoms with van der Waals surface area (Å²) in [4.78, 5) is 21.2. The van der Waals surface area contributed by atoms with E-state index in [1.807, 2.05) is 0 Å². The number of aromatic nitrogens is 1. The van der Waals surface area contributed by atoms with E-state index in [0.29, 0.717) is 6.07 Å². The molecule has 1 aromatic rings. The lowest BCUT2D eigenvalue weighted by Gasteiger charge is -2.03. The van der Waals surface area contributed by atoms with Crippen molar-refractivity contribution in [3.05, 3.63) is 33.5 Å². The second-order valence-corrected chi connectivity index (χ2v) is 2.71. The number of hydrogen-bond donors (Lipinski definition) is 1. The standard InChI is InChI=1S/C7H5ClF2N2O2/c8-2-3-1-4(9)5(6(11)13)7(14)12(3)10/h1H,2H2,(H2,11,13). The van der Waals surface area contributed by atoms with Gasteiger partial charge < -0.3 is 5.73 Å². The van der Waals surface area contributed by atoms with Gasteiger partial charge in [-0.25, -0.2) is 4.39 Å². The summed E-state index contributed by atoms with van der Waals surface area (Å²) in [5, 5.41) is 0. The molecular weight excluding hydrogens is 218 g/mol. The van der Waals surface area contributed by atoms with Crippen LogP contribution in [-0.2, 0) is 5.88 Å². The second-order valence-electron chi connectivity index (χ2n) is 2.44. The minimum absolute atomic E-state index is 0.376. The summed E-state index contributed by atoms with van der Waals surface area (Å²) in [5.74, 6) is -2.88. The van der Waals surface area contributed by atoms with Crippen molar-refractivity contribution in [1.29, 1.82) is 0 Å². The van der Waals surface area contributed by atoms with E-state index in [1.54, 1.807) is 0 Å². The van der Waals surface area contributed by atoms with Crippen molar-refractivity contribution in [1.82, 2.24) is 4.79 Å². The van der Waals surface area contributed by atoms with Gasteiger partial charge in [0.2, 0.25) is 0 Å². The number of halogens is 3. The van der Waals surface area contributed by atoms with Crippen LogP contribution in [0.4, 0.5) is 8.87 Å². The molecule has 0 spiro atoms. The predicted octanol–water partition coefficient (Wildman–Crippen LogP) is 0.558. The minimum atomic E-state index is -1.44. The average molecular weight is 223 g/mol. The molecule has 1 amide bonds. The third kappa shape index (κ3) is 1.60. The lowest BCUT2D eigenvalue weighted by molar-refractivity contribution is 0.0992. The number of nitrogens with zero attached hydrogens (tertiary/aromatic N) is 1. The summed E-state index contributed by atoms with van der Waals surface area (Å²) in [7, 11) is 0. The van der Waals surface area contributed by atoms with Gasteiger partial charge in [-0.1, -0.05) is 4.48 Å². The number of nitrogens with two attached hydrogens (primary N) is 1. The Balaban J connectivity index is 3.58. The van der Waals surface area contributed by atoms with Crippen molar-refractivity contribution in [2.45, 2.75) is 5.88 Å². The van der Waals surface area contributed by atoms with Crippen LogP contribution >= 0.6 is 11.6 Å². The maximum absolute atomic E-state index is 13.0. The first kappa shape index (κ1) is 10.6. The van der Waals surface area contributed by atoms with Crippen LogP contribution in [0.2, 0.25) is 0 Å². The highest BCUT2D eigenvalue weighted by molar-refractivity contribution is 6.16. The lowest BCUT2D eigenvalue weighted by atomic mass is 10.2. The number of pyridine rings is 1. The van der Waals surface area contributed by atoms with E-state index in [9.17, 15) is 18.5 Å². The maximum Gasteiger partial charge on any atom is 0.294 e. The number of rotatable bonds is 2. The number of amides is 1. The molecule has 7 heteroatoms. The lowest BCUT2D eigenvalue weighted by Crippen LogP contribution is -2.30. The van der Waals surface area contributed by atoms with Gasteiger partial charge in [-0.15, -0.1) is 16.4 Å². The second kappa shape index (κ2) is 3.75. The van der Waals surface area contributed by atoms with E-state index in [-0.39, 0.29) is 11.6 Å². The van der Waals surface area contributed by atoms with E-state index in [4.69, 9.17) is 11.6 Å². The Labute approximate surface area is 81.8 Å². The van der Waals surface area contributed by atoms with Crippen LogP contribution in [0, 0.1) is 5.82 Å². The molecule has 14 heavy (non-hydrogen) atoms. The van der Waals surface area contributed by atoms with Crippen LogP contribution in [0.5, 0.6) is 0 Å². The third-order valence-electron chi connectivity index (χ3n) is 1.56. The summed E-state index contributed by atoms with van der Waals surface area (Å²) in [6, 6.07) is 0.647. The van der Waals surface area contributed by atoms with E-state index in [2.05, 4.69) is 5.73 Å². The molecule has 0 saturated heterocycles. The van der Waals surface area contributed by atoms with E-state index in [0.717, 1.165) is 0 Å². The van der Waals surface area contributed by atoms with Gasteiger partial charge in [0, 0.05) is 0 Å². The maximum atomic E-state index is 13.0. The molecule has 0 unspecified atom stereocenters. The van der Waals surface area contributed by atoms with Crippen molar-refractivity contribution < 1.29 is 13.7 Å². The van der Waals surface area contributed by atoms with Gasteiger partial charge >= 0.3 is 0 Å². The van der Waals surface area contributed by atoms with Gasteiger partial charge in [-0.3, -0.25) is 9.59 Å². The number of carbonyl (C=O) groups excluding carboxylic acids is 1. The van der Waals surface area contributed by atoms with Crippen molar-refractivity contribution >= 4 is 17.5 Å². The molecule has 0 saturated carbocycles. The zero-order valence-corrected chi connectivity index (χ0v) is 7.52. The summed E-state index contributed by atoms with van der Waals surface area (Å²) in [5.41, 5.74) is 1.86. The molecular formula is C7H5ClF2N2O2. The first-order valence-corrected chi connectivity index (χ1v) is 3.98. The first-order chi connectivity index (χ1) is 6.49. The van der Waals surface area contributed by atoms with Crippen molar-refractivity contribution in [2.24, 2.45) is 5.73 Å². The molecule has 76 valence electrons. The average Bonchev–Trinajstić information content (AvgIpc) is 2.10. The molecule has 0 aliphatic heterocycles. The zero-order valence-electron chi connectivity index (χ0n) is 6.76. The number of alkyl halides is 1. The van der Waals surface area contributed by atoms with Crippen molar-refractivity contribution in [2.75, 3.05) is 0 Å². The van der Waals surface area contributed by atoms with Crippen molar-refractivity contribution in [3.63, 3.8) is 0 Å². The number of hydrogen-bond acceptors (Lipinski definition) is 2. The molecule has 4 nitrogen and oxygen atoms in total. The highest BCUT2D eigenvalue weighted by atomic mass is 35.5. The Morgan fingerprint density at radius 2 is 2.21 bits per heavy atom. The molecule has 0 radical (unpaired) electrons. The third-order valence-corrected chi connectivity index (χ3v) is 1.83. The molecule has 1 rings (SSSR count). The summed E-state index contributed by atoms with van der Waals surface area (Å²) >= 11 is 5.23. The largest absolute Gasteiger partial charge is 0.365 e. The SMILES string of the molecule is NC(=O)c1c(F)cc(CCl)n(F)c1=O. The Morgan fingerprint density at radius 3 is 2.64 bits per heavy atom. The molecule has 0 atom stereocenters. The molecule has 0 aliphatic carbocycles. The quantitative estimate of drug-likeness (QED) is 0.743. The first-order valence-electron chi connectivity index (χ1n) is 3.45. The van der Waals surface area contributed by atoms with Crippen molar-refractivity contribution in [3.8, 4) is 0 Å². The normalized spacial score (nSPS) is 10.2. The Kier molecular flexibility index (Phi) is 2.85. The van der Waals surface area contributed by atoms with Gasteiger partial charge in [-0.05, 0) is 6.07 Å². The molecule has 0 fully saturated rings. The fourth-order valence-electron chi connectivity index (χ4n) is 0.920. The molecule has 2 N–H and O–H groups in total. The summed E-state index contributed by atoms with van der Waals surface area (Å²) in [6.07, 6.45) is 0.